The molecule has 0 aliphatic rings. The second-order valence-electron chi connectivity index (χ2n) is 5.05. The van der Waals surface area contributed by atoms with Crippen molar-refractivity contribution in [3.63, 3.8) is 0 Å². The van der Waals surface area contributed by atoms with Crippen molar-refractivity contribution in [2.45, 2.75) is 32.9 Å². The molecule has 0 radical (unpaired) electrons. The largest absolute Gasteiger partial charge is 0.480 e. The molecule has 1 aromatic heterocycles. The first-order valence-electron chi connectivity index (χ1n) is 6.00. The van der Waals surface area contributed by atoms with E-state index in [1.54, 1.807) is 7.05 Å². The highest BCUT2D eigenvalue weighted by molar-refractivity contribution is 5.81. The minimum absolute atomic E-state index is 0.0323. The molecule has 6 heteroatoms. The highest BCUT2D eigenvalue weighted by Crippen LogP contribution is 2.09. The Morgan fingerprint density at radius 3 is 2.53 bits per heavy atom. The summed E-state index contributed by atoms with van der Waals surface area (Å²) in [6.07, 6.45) is 0. The normalized spacial score (nSPS) is 11.4. The molecule has 0 bridgehead atoms. The van der Waals surface area contributed by atoms with E-state index in [4.69, 9.17) is 9.52 Å². The third kappa shape index (κ3) is 4.40. The monoisotopic (exact) mass is 268 g/mol. The smallest absolute Gasteiger partial charge is 0.323 e. The summed E-state index contributed by atoms with van der Waals surface area (Å²) in [6, 6.07) is 3.65. The molecule has 19 heavy (non-hydrogen) atoms. The lowest BCUT2D eigenvalue weighted by molar-refractivity contribution is -0.143. The van der Waals surface area contributed by atoms with Gasteiger partial charge in [-0.1, -0.05) is 0 Å². The fourth-order valence-corrected chi connectivity index (χ4v) is 1.40. The topological polar surface area (TPSA) is 82.8 Å². The van der Waals surface area contributed by atoms with E-state index < -0.39 is 11.5 Å². The first kappa shape index (κ1) is 15.2. The van der Waals surface area contributed by atoms with Crippen LogP contribution in [-0.4, -0.2) is 41.0 Å². The van der Waals surface area contributed by atoms with E-state index in [1.807, 2.05) is 19.1 Å². The van der Waals surface area contributed by atoms with E-state index in [0.29, 0.717) is 12.3 Å². The summed E-state index contributed by atoms with van der Waals surface area (Å²) in [4.78, 5) is 24.2. The summed E-state index contributed by atoms with van der Waals surface area (Å²) in [5.74, 6) is 0.305. The van der Waals surface area contributed by atoms with Gasteiger partial charge in [0.2, 0.25) is 5.91 Å². The molecular formula is C13H20N2O4. The number of carboxylic acids is 1. The highest BCUT2D eigenvalue weighted by Gasteiger charge is 2.27. The lowest BCUT2D eigenvalue weighted by Gasteiger charge is -2.23. The fourth-order valence-electron chi connectivity index (χ4n) is 1.40. The van der Waals surface area contributed by atoms with E-state index in [0.717, 1.165) is 5.76 Å². The number of nitrogens with one attached hydrogen (secondary N) is 1. The van der Waals surface area contributed by atoms with Crippen LogP contribution in [0.25, 0.3) is 0 Å². The summed E-state index contributed by atoms with van der Waals surface area (Å²) >= 11 is 0. The molecule has 0 unspecified atom stereocenters. The van der Waals surface area contributed by atoms with E-state index in [1.165, 1.54) is 18.7 Å². The van der Waals surface area contributed by atoms with Crippen LogP contribution in [0.3, 0.4) is 0 Å². The molecule has 0 saturated heterocycles. The van der Waals surface area contributed by atoms with Crippen molar-refractivity contribution in [2.24, 2.45) is 0 Å². The molecule has 1 heterocycles. The van der Waals surface area contributed by atoms with Gasteiger partial charge < -0.3 is 14.4 Å². The van der Waals surface area contributed by atoms with Gasteiger partial charge in [-0.15, -0.1) is 0 Å². The number of likely N-dealkylation sites (N-methyl/N-ethyl adjacent to an activating group) is 1. The van der Waals surface area contributed by atoms with E-state index in [9.17, 15) is 9.59 Å². The van der Waals surface area contributed by atoms with Gasteiger partial charge >= 0.3 is 5.97 Å². The average molecular weight is 268 g/mol. The van der Waals surface area contributed by atoms with Crippen LogP contribution in [0.2, 0.25) is 0 Å². The van der Waals surface area contributed by atoms with Gasteiger partial charge in [0.1, 0.15) is 17.1 Å². The van der Waals surface area contributed by atoms with Crippen molar-refractivity contribution in [3.8, 4) is 0 Å². The van der Waals surface area contributed by atoms with Gasteiger partial charge in [0.05, 0.1) is 13.1 Å². The van der Waals surface area contributed by atoms with Crippen molar-refractivity contribution >= 4 is 11.9 Å². The Labute approximate surface area is 112 Å². The summed E-state index contributed by atoms with van der Waals surface area (Å²) in [5.41, 5.74) is -1.13. The van der Waals surface area contributed by atoms with Crippen LogP contribution < -0.4 is 5.32 Å². The molecule has 1 aromatic rings. The Hall–Kier alpha value is -1.82. The van der Waals surface area contributed by atoms with E-state index in [2.05, 4.69) is 5.32 Å². The Balaban J connectivity index is 2.47. The summed E-state index contributed by atoms with van der Waals surface area (Å²) < 4.78 is 5.38. The molecule has 0 aromatic carbocycles. The van der Waals surface area contributed by atoms with Crippen molar-refractivity contribution in [1.82, 2.24) is 10.2 Å². The number of carboxylic acid groups (broad SMARTS) is 1. The number of furan rings is 1. The number of nitrogens with zero attached hydrogens (tertiary/aromatic N) is 1. The minimum Gasteiger partial charge on any atom is -0.480 e. The molecule has 106 valence electrons. The first-order chi connectivity index (χ1) is 8.72. The molecule has 2 N–H and O–H groups in total. The van der Waals surface area contributed by atoms with Crippen molar-refractivity contribution in [1.29, 1.82) is 0 Å². The number of rotatable bonds is 6. The number of carbonyl (C=O) groups excluding carboxylic acids is 1. The quantitative estimate of drug-likeness (QED) is 0.804. The molecule has 1 amide bonds. The number of aryl methyl sites for hydroxylation is 1. The lowest BCUT2D eigenvalue weighted by Crippen LogP contribution is -2.50. The van der Waals surface area contributed by atoms with Crippen molar-refractivity contribution in [2.75, 3.05) is 13.6 Å². The summed E-state index contributed by atoms with van der Waals surface area (Å²) in [6.45, 7) is 5.19. The van der Waals surface area contributed by atoms with Crippen LogP contribution in [0.15, 0.2) is 16.5 Å². The van der Waals surface area contributed by atoms with Gasteiger partial charge in [-0.25, -0.2) is 0 Å². The van der Waals surface area contributed by atoms with Crippen LogP contribution in [-0.2, 0) is 16.1 Å². The van der Waals surface area contributed by atoms with Crippen molar-refractivity contribution < 1.29 is 19.1 Å². The molecule has 0 spiro atoms. The number of aliphatic carboxylic acids is 1. The van der Waals surface area contributed by atoms with Gasteiger partial charge in [-0.2, -0.15) is 0 Å². The Morgan fingerprint density at radius 1 is 1.42 bits per heavy atom. The van der Waals surface area contributed by atoms with Crippen LogP contribution in [0.5, 0.6) is 0 Å². The number of amides is 1. The molecule has 6 nitrogen and oxygen atoms in total. The summed E-state index contributed by atoms with van der Waals surface area (Å²) in [5, 5.41) is 11.6. The molecular weight excluding hydrogens is 248 g/mol. The predicted molar refractivity (Wildman–Crippen MR) is 69.6 cm³/mol. The minimum atomic E-state index is -1.13. The molecule has 1 rings (SSSR count). The van der Waals surface area contributed by atoms with Crippen LogP contribution in [0, 0.1) is 6.92 Å². The Bertz CT molecular complexity index is 465. The second kappa shape index (κ2) is 5.88. The molecule has 0 saturated carbocycles. The van der Waals surface area contributed by atoms with E-state index in [-0.39, 0.29) is 12.5 Å². The molecule has 0 aliphatic heterocycles. The molecule has 0 fully saturated rings. The Morgan fingerprint density at radius 2 is 2.05 bits per heavy atom. The van der Waals surface area contributed by atoms with Crippen molar-refractivity contribution in [3.05, 3.63) is 23.7 Å². The number of hydrogen-bond acceptors (Lipinski definition) is 4. The van der Waals surface area contributed by atoms with Gasteiger partial charge in [0.25, 0.3) is 0 Å². The maximum absolute atomic E-state index is 11.9. The second-order valence-corrected chi connectivity index (χ2v) is 5.05. The first-order valence-corrected chi connectivity index (χ1v) is 6.00. The zero-order valence-corrected chi connectivity index (χ0v) is 11.7. The maximum atomic E-state index is 11.9. The SMILES string of the molecule is Cc1ccc(CN(C)C(=O)CNC(C)(C)C(=O)O)o1. The van der Waals surface area contributed by atoms with Gasteiger partial charge in [-0.3, -0.25) is 14.9 Å². The Kier molecular flexibility index (Phi) is 4.72. The third-order valence-corrected chi connectivity index (χ3v) is 2.83. The maximum Gasteiger partial charge on any atom is 0.323 e. The average Bonchev–Trinajstić information content (AvgIpc) is 2.71. The van der Waals surface area contributed by atoms with Crippen LogP contribution >= 0.6 is 0 Å². The van der Waals surface area contributed by atoms with Gasteiger partial charge in [-0.05, 0) is 32.9 Å². The zero-order valence-electron chi connectivity index (χ0n) is 11.7. The van der Waals surface area contributed by atoms with Gasteiger partial charge in [0, 0.05) is 7.05 Å². The lowest BCUT2D eigenvalue weighted by atomic mass is 10.1. The number of hydrogen-bond donors (Lipinski definition) is 2. The summed E-state index contributed by atoms with van der Waals surface area (Å²) in [7, 11) is 1.65. The highest BCUT2D eigenvalue weighted by atomic mass is 16.4. The fraction of sp³-hybridized carbons (Fsp3) is 0.538. The van der Waals surface area contributed by atoms with E-state index >= 15 is 0 Å². The standard InChI is InChI=1S/C13H20N2O4/c1-9-5-6-10(19-9)8-15(4)11(16)7-14-13(2,3)12(17)18/h5-6,14H,7-8H2,1-4H3,(H,17,18). The third-order valence-electron chi connectivity index (χ3n) is 2.83. The van der Waals surface area contributed by atoms with Crippen LogP contribution in [0.1, 0.15) is 25.4 Å². The predicted octanol–water partition coefficient (Wildman–Crippen LogP) is 0.999. The van der Waals surface area contributed by atoms with Gasteiger partial charge in [0.15, 0.2) is 0 Å². The zero-order chi connectivity index (χ0) is 14.6. The van der Waals surface area contributed by atoms with Crippen LogP contribution in [0.4, 0.5) is 0 Å². The molecule has 0 atom stereocenters. The number of carbonyl (C=O) groups is 2. The molecule has 0 aliphatic carbocycles.